The summed E-state index contributed by atoms with van der Waals surface area (Å²) in [5.74, 6) is 0.673. The van der Waals surface area contributed by atoms with Crippen molar-refractivity contribution in [2.75, 3.05) is 11.5 Å². The molecule has 0 spiro atoms. The van der Waals surface area contributed by atoms with Crippen LogP contribution in [0.3, 0.4) is 0 Å². The van der Waals surface area contributed by atoms with Crippen LogP contribution >= 0.6 is 57.5 Å². The predicted octanol–water partition coefficient (Wildman–Crippen LogP) is 13.9. The largest absolute Gasteiger partial charge is 0.416 e. The number of nitrogens with one attached hydrogen (secondary N) is 2. The highest BCUT2D eigenvalue weighted by molar-refractivity contribution is 8.93. The Balaban J connectivity index is 0.00000348. The van der Waals surface area contributed by atoms with Crippen molar-refractivity contribution in [2.24, 2.45) is 0 Å². The molecule has 0 saturated heterocycles. The van der Waals surface area contributed by atoms with E-state index in [0.29, 0.717) is 32.9 Å². The standard InChI is InChI=1S/C36H22F12N4S2.2BrH/c37-33(38,39)23-9-1-19(2-10-23)27-28(20-3-11-24(12-4-20)34(40,41)42)50-31(49-27)53-17-18-54-32-51-29(21-5-13-25(14-6-21)35(43,44)45)30(52-32)22-7-15-26(16-8-22)36(46,47)48;;/h1-16H,17-18H2,(H,49,50)(H,51,52);2*1H. The highest BCUT2D eigenvalue weighted by Crippen LogP contribution is 2.39. The van der Waals surface area contributed by atoms with Crippen molar-refractivity contribution in [3.8, 4) is 45.0 Å². The molecule has 0 aliphatic heterocycles. The van der Waals surface area contributed by atoms with Crippen LogP contribution in [0, 0.1) is 0 Å². The number of aromatic nitrogens is 4. The lowest BCUT2D eigenvalue weighted by atomic mass is 10.0. The number of aromatic amines is 2. The van der Waals surface area contributed by atoms with Gasteiger partial charge in [0.25, 0.3) is 0 Å². The van der Waals surface area contributed by atoms with Crippen molar-refractivity contribution in [2.45, 2.75) is 35.0 Å². The summed E-state index contributed by atoms with van der Waals surface area (Å²) in [5, 5.41) is 0.603. The third-order valence-electron chi connectivity index (χ3n) is 7.90. The summed E-state index contributed by atoms with van der Waals surface area (Å²) in [6.07, 6.45) is -18.4. The number of benzene rings is 4. The molecule has 56 heavy (non-hydrogen) atoms. The molecule has 0 saturated carbocycles. The number of hydrogen-bond donors (Lipinski definition) is 2. The van der Waals surface area contributed by atoms with Crippen LogP contribution in [-0.4, -0.2) is 31.4 Å². The zero-order valence-corrected chi connectivity index (χ0v) is 32.8. The van der Waals surface area contributed by atoms with Gasteiger partial charge in [-0.2, -0.15) is 52.7 Å². The molecule has 0 aliphatic rings. The molecule has 0 aliphatic carbocycles. The molecule has 6 rings (SSSR count). The molecule has 0 bridgehead atoms. The van der Waals surface area contributed by atoms with Crippen LogP contribution in [-0.2, 0) is 24.7 Å². The van der Waals surface area contributed by atoms with E-state index in [1.165, 1.54) is 72.1 Å². The molecule has 0 unspecified atom stereocenters. The number of thioether (sulfide) groups is 2. The number of hydrogen-bond acceptors (Lipinski definition) is 4. The maximum absolute atomic E-state index is 13.2. The Morgan fingerprint density at radius 1 is 0.375 bits per heavy atom. The van der Waals surface area contributed by atoms with Gasteiger partial charge in [0.05, 0.1) is 45.0 Å². The van der Waals surface area contributed by atoms with Crippen LogP contribution in [0.4, 0.5) is 52.7 Å². The summed E-state index contributed by atoms with van der Waals surface area (Å²) in [6, 6.07) is 16.6. The Bertz CT molecular complexity index is 1900. The second-order valence-corrected chi connectivity index (χ2v) is 13.7. The Morgan fingerprint density at radius 2 is 0.607 bits per heavy atom. The predicted molar refractivity (Wildman–Crippen MR) is 201 cm³/mol. The number of rotatable bonds is 9. The first kappa shape index (κ1) is 44.8. The van der Waals surface area contributed by atoms with Gasteiger partial charge in [-0.25, -0.2) is 9.97 Å². The van der Waals surface area contributed by atoms with Gasteiger partial charge in [0.15, 0.2) is 10.3 Å². The summed E-state index contributed by atoms with van der Waals surface area (Å²) in [5.41, 5.74) is -1.49. The van der Waals surface area contributed by atoms with E-state index in [4.69, 9.17) is 0 Å². The monoisotopic (exact) mass is 962 g/mol. The quantitative estimate of drug-likeness (QED) is 0.0861. The third kappa shape index (κ3) is 10.5. The van der Waals surface area contributed by atoms with Crippen molar-refractivity contribution in [1.29, 1.82) is 0 Å². The van der Waals surface area contributed by atoms with Crippen molar-refractivity contribution in [3.63, 3.8) is 0 Å². The fourth-order valence-corrected chi connectivity index (χ4v) is 6.95. The van der Waals surface area contributed by atoms with Gasteiger partial charge in [-0.05, 0) is 48.5 Å². The summed E-state index contributed by atoms with van der Waals surface area (Å²) in [6.45, 7) is 0. The molecule has 20 heteroatoms. The molecule has 2 N–H and O–H groups in total. The van der Waals surface area contributed by atoms with Gasteiger partial charge in [-0.3, -0.25) is 0 Å². The van der Waals surface area contributed by atoms with E-state index in [1.54, 1.807) is 0 Å². The minimum atomic E-state index is -4.59. The van der Waals surface area contributed by atoms with Crippen LogP contribution in [0.1, 0.15) is 22.3 Å². The van der Waals surface area contributed by atoms with E-state index in [2.05, 4.69) is 19.9 Å². The highest BCUT2D eigenvalue weighted by atomic mass is 79.9. The summed E-state index contributed by atoms with van der Waals surface area (Å²) in [4.78, 5) is 15.1. The average molecular weight is 965 g/mol. The zero-order chi connectivity index (χ0) is 39.1. The molecule has 2 aromatic heterocycles. The topological polar surface area (TPSA) is 57.4 Å². The molecule has 2 heterocycles. The Hall–Kier alpha value is -3.88. The number of nitrogens with zero attached hydrogens (tertiary/aromatic N) is 2. The van der Waals surface area contributed by atoms with Crippen LogP contribution in [0.15, 0.2) is 107 Å². The Morgan fingerprint density at radius 3 is 0.839 bits per heavy atom. The van der Waals surface area contributed by atoms with Gasteiger partial charge in [0.2, 0.25) is 0 Å². The highest BCUT2D eigenvalue weighted by Gasteiger charge is 2.33. The first-order chi connectivity index (χ1) is 25.3. The van der Waals surface area contributed by atoms with Crippen LogP contribution in [0.5, 0.6) is 0 Å². The Labute approximate surface area is 339 Å². The van der Waals surface area contributed by atoms with E-state index >= 15 is 0 Å². The second kappa shape index (κ2) is 17.3. The zero-order valence-electron chi connectivity index (χ0n) is 27.7. The van der Waals surface area contributed by atoms with Gasteiger partial charge < -0.3 is 9.97 Å². The number of alkyl halides is 12. The van der Waals surface area contributed by atoms with Crippen molar-refractivity contribution < 1.29 is 52.7 Å². The lowest BCUT2D eigenvalue weighted by Crippen LogP contribution is -2.04. The molecular weight excluding hydrogens is 940 g/mol. The summed E-state index contributed by atoms with van der Waals surface area (Å²) in [7, 11) is 0. The molecule has 298 valence electrons. The number of imidazole rings is 2. The smallest absolute Gasteiger partial charge is 0.332 e. The minimum Gasteiger partial charge on any atom is -0.332 e. The molecular formula is C36H24Br2F12N4S2. The van der Waals surface area contributed by atoms with Gasteiger partial charge in [0.1, 0.15) is 0 Å². The minimum absolute atomic E-state index is 0. The first-order valence-electron chi connectivity index (χ1n) is 15.4. The lowest BCUT2D eigenvalue weighted by Gasteiger charge is -2.09. The van der Waals surface area contributed by atoms with Crippen molar-refractivity contribution in [1.82, 2.24) is 19.9 Å². The molecule has 4 aromatic carbocycles. The van der Waals surface area contributed by atoms with E-state index in [1.807, 2.05) is 0 Å². The average Bonchev–Trinajstić information content (AvgIpc) is 3.74. The van der Waals surface area contributed by atoms with E-state index in [0.717, 1.165) is 48.5 Å². The van der Waals surface area contributed by atoms with Crippen molar-refractivity contribution >= 4 is 57.5 Å². The van der Waals surface area contributed by atoms with Crippen molar-refractivity contribution in [3.05, 3.63) is 119 Å². The van der Waals surface area contributed by atoms with Gasteiger partial charge >= 0.3 is 24.7 Å². The van der Waals surface area contributed by atoms with Crippen LogP contribution in [0.25, 0.3) is 45.0 Å². The van der Waals surface area contributed by atoms with Gasteiger partial charge in [-0.1, -0.05) is 72.1 Å². The fraction of sp³-hybridized carbons (Fsp3) is 0.167. The maximum Gasteiger partial charge on any atom is 0.416 e. The second-order valence-electron chi connectivity index (χ2n) is 11.5. The molecule has 4 nitrogen and oxygen atoms in total. The van der Waals surface area contributed by atoms with Crippen LogP contribution in [0.2, 0.25) is 0 Å². The SMILES string of the molecule is Br.Br.FC(F)(F)c1ccc(-c2nc(SCCSc3nc(-c4ccc(C(F)(F)F)cc4)c(-c4ccc(C(F)(F)F)cc4)[nH]3)[nH]c2-c2ccc(C(F)(F)F)cc2)cc1. The van der Waals surface area contributed by atoms with E-state index in [-0.39, 0.29) is 67.9 Å². The van der Waals surface area contributed by atoms with Gasteiger partial charge in [-0.15, -0.1) is 34.0 Å². The summed E-state index contributed by atoms with van der Waals surface area (Å²) < 4.78 is 158. The molecule has 0 amide bonds. The van der Waals surface area contributed by atoms with E-state index in [9.17, 15) is 52.7 Å². The number of H-pyrrole nitrogens is 2. The Kier molecular flexibility index (Phi) is 13.9. The maximum atomic E-state index is 13.2. The number of halogens is 14. The van der Waals surface area contributed by atoms with Crippen LogP contribution < -0.4 is 0 Å². The molecule has 0 fully saturated rings. The van der Waals surface area contributed by atoms with Gasteiger partial charge in [0, 0.05) is 33.8 Å². The third-order valence-corrected chi connectivity index (χ3v) is 9.91. The molecule has 0 atom stereocenters. The summed E-state index contributed by atoms with van der Waals surface area (Å²) >= 11 is 2.38. The molecule has 6 aromatic rings. The normalized spacial score (nSPS) is 12.3. The molecule has 0 radical (unpaired) electrons. The fourth-order valence-electron chi connectivity index (χ4n) is 5.24. The first-order valence-corrected chi connectivity index (χ1v) is 17.4. The van der Waals surface area contributed by atoms with E-state index < -0.39 is 47.0 Å². The lowest BCUT2D eigenvalue weighted by molar-refractivity contribution is -0.138.